The van der Waals surface area contributed by atoms with E-state index in [2.05, 4.69) is 54.8 Å². The van der Waals surface area contributed by atoms with Gasteiger partial charge in [0.05, 0.1) is 0 Å². The first-order valence-corrected chi connectivity index (χ1v) is 9.64. The summed E-state index contributed by atoms with van der Waals surface area (Å²) < 4.78 is 0. The fourth-order valence-electron chi connectivity index (χ4n) is 4.42. The normalized spacial score (nSPS) is 26.8. The van der Waals surface area contributed by atoms with Gasteiger partial charge in [-0.1, -0.05) is 36.8 Å². The number of benzene rings is 1. The fourth-order valence-corrected chi connectivity index (χ4v) is 4.42. The highest BCUT2D eigenvalue weighted by Gasteiger charge is 2.45. The third-order valence-electron chi connectivity index (χ3n) is 6.31. The van der Waals surface area contributed by atoms with Gasteiger partial charge in [-0.3, -0.25) is 4.79 Å². The van der Waals surface area contributed by atoms with Gasteiger partial charge in [-0.05, 0) is 58.1 Å². The summed E-state index contributed by atoms with van der Waals surface area (Å²) in [7, 11) is 0. The molecule has 132 valence electrons. The molecule has 2 aliphatic rings. The van der Waals surface area contributed by atoms with Crippen molar-refractivity contribution in [1.82, 2.24) is 9.80 Å². The highest BCUT2D eigenvalue weighted by Crippen LogP contribution is 2.40. The van der Waals surface area contributed by atoms with Crippen molar-refractivity contribution in [1.29, 1.82) is 0 Å². The molecular formula is C21H32N2O. The molecule has 2 atom stereocenters. The minimum absolute atomic E-state index is 0.101. The summed E-state index contributed by atoms with van der Waals surface area (Å²) in [6.07, 6.45) is 6.49. The fraction of sp³-hybridized carbons (Fsp3) is 0.667. The van der Waals surface area contributed by atoms with E-state index in [1.807, 2.05) is 0 Å². The maximum Gasteiger partial charge on any atom is 0.223 e. The molecule has 2 fully saturated rings. The van der Waals surface area contributed by atoms with Gasteiger partial charge in [0.15, 0.2) is 0 Å². The SMILES string of the molecule is CC[C@H](C)N1CCC[C@@]2(CCC(=O)N2Cc2ccc(C)cc2)CC1. The van der Waals surface area contributed by atoms with Gasteiger partial charge < -0.3 is 9.80 Å². The van der Waals surface area contributed by atoms with E-state index in [1.165, 1.54) is 30.5 Å². The van der Waals surface area contributed by atoms with Gasteiger partial charge in [-0.15, -0.1) is 0 Å². The summed E-state index contributed by atoms with van der Waals surface area (Å²) >= 11 is 0. The van der Waals surface area contributed by atoms with Crippen LogP contribution in [0, 0.1) is 6.92 Å². The molecule has 1 aromatic carbocycles. The average Bonchev–Trinajstić information content (AvgIpc) is 2.76. The monoisotopic (exact) mass is 328 g/mol. The van der Waals surface area contributed by atoms with Crippen LogP contribution in [0.15, 0.2) is 24.3 Å². The zero-order chi connectivity index (χ0) is 17.2. The largest absolute Gasteiger partial charge is 0.333 e. The molecule has 0 bridgehead atoms. The molecule has 3 rings (SSSR count). The van der Waals surface area contributed by atoms with Crippen LogP contribution in [0.2, 0.25) is 0 Å². The molecule has 1 spiro atoms. The Hall–Kier alpha value is -1.35. The Morgan fingerprint density at radius 1 is 1.12 bits per heavy atom. The molecule has 0 radical (unpaired) electrons. The van der Waals surface area contributed by atoms with Crippen molar-refractivity contribution in [3.05, 3.63) is 35.4 Å². The molecule has 2 heterocycles. The van der Waals surface area contributed by atoms with Crippen molar-refractivity contribution in [2.24, 2.45) is 0 Å². The minimum atomic E-state index is 0.101. The average molecular weight is 329 g/mol. The lowest BCUT2D eigenvalue weighted by molar-refractivity contribution is -0.132. The van der Waals surface area contributed by atoms with E-state index in [-0.39, 0.29) is 5.54 Å². The number of nitrogens with zero attached hydrogens (tertiary/aromatic N) is 2. The molecule has 24 heavy (non-hydrogen) atoms. The van der Waals surface area contributed by atoms with Crippen LogP contribution in [0.3, 0.4) is 0 Å². The Morgan fingerprint density at radius 2 is 1.88 bits per heavy atom. The van der Waals surface area contributed by atoms with Crippen LogP contribution >= 0.6 is 0 Å². The first-order valence-electron chi connectivity index (χ1n) is 9.64. The van der Waals surface area contributed by atoms with E-state index in [0.717, 1.165) is 38.8 Å². The van der Waals surface area contributed by atoms with E-state index in [1.54, 1.807) is 0 Å². The number of amides is 1. The molecule has 0 saturated carbocycles. The maximum absolute atomic E-state index is 12.6. The van der Waals surface area contributed by atoms with Crippen LogP contribution in [0.5, 0.6) is 0 Å². The summed E-state index contributed by atoms with van der Waals surface area (Å²) in [6, 6.07) is 9.32. The first-order chi connectivity index (χ1) is 11.5. The third kappa shape index (κ3) is 3.51. The van der Waals surface area contributed by atoms with Gasteiger partial charge in [0.25, 0.3) is 0 Å². The van der Waals surface area contributed by atoms with Gasteiger partial charge in [-0.25, -0.2) is 0 Å². The van der Waals surface area contributed by atoms with Crippen molar-refractivity contribution >= 4 is 5.91 Å². The van der Waals surface area contributed by atoms with Crippen molar-refractivity contribution < 1.29 is 4.79 Å². The molecule has 2 saturated heterocycles. The van der Waals surface area contributed by atoms with Crippen LogP contribution in [-0.4, -0.2) is 40.4 Å². The third-order valence-corrected chi connectivity index (χ3v) is 6.31. The number of carbonyl (C=O) groups is 1. The Kier molecular flexibility index (Phi) is 5.29. The standard InChI is InChI=1S/C21H32N2O/c1-4-18(3)22-14-5-11-21(13-15-22)12-10-20(24)23(21)16-19-8-6-17(2)7-9-19/h6-9,18H,4-5,10-16H2,1-3H3/t18-,21+/m0/s1. The quantitative estimate of drug-likeness (QED) is 0.829. The second-order valence-electron chi connectivity index (χ2n) is 7.84. The van der Waals surface area contributed by atoms with Crippen molar-refractivity contribution in [2.45, 2.75) is 77.4 Å². The van der Waals surface area contributed by atoms with Crippen LogP contribution in [0.4, 0.5) is 0 Å². The highest BCUT2D eigenvalue weighted by molar-refractivity contribution is 5.79. The van der Waals surface area contributed by atoms with Crippen LogP contribution in [0.1, 0.15) is 63.5 Å². The van der Waals surface area contributed by atoms with Gasteiger partial charge >= 0.3 is 0 Å². The molecule has 0 aromatic heterocycles. The summed E-state index contributed by atoms with van der Waals surface area (Å²) in [5.74, 6) is 0.354. The van der Waals surface area contributed by atoms with Crippen LogP contribution in [-0.2, 0) is 11.3 Å². The first kappa shape index (κ1) is 17.5. The lowest BCUT2D eigenvalue weighted by atomic mass is 9.87. The molecule has 1 aromatic rings. The molecule has 0 N–H and O–H groups in total. The molecule has 1 amide bonds. The van der Waals surface area contributed by atoms with E-state index in [0.29, 0.717) is 11.9 Å². The van der Waals surface area contributed by atoms with Crippen molar-refractivity contribution in [3.63, 3.8) is 0 Å². The Labute approximate surface area is 147 Å². The van der Waals surface area contributed by atoms with E-state index in [4.69, 9.17) is 0 Å². The van der Waals surface area contributed by atoms with Crippen molar-refractivity contribution in [2.75, 3.05) is 13.1 Å². The van der Waals surface area contributed by atoms with E-state index in [9.17, 15) is 4.79 Å². The van der Waals surface area contributed by atoms with Gasteiger partial charge in [-0.2, -0.15) is 0 Å². The number of rotatable bonds is 4. The number of hydrogen-bond donors (Lipinski definition) is 0. The lowest BCUT2D eigenvalue weighted by Crippen LogP contribution is -2.46. The zero-order valence-corrected chi connectivity index (χ0v) is 15.6. The predicted molar refractivity (Wildman–Crippen MR) is 98.9 cm³/mol. The zero-order valence-electron chi connectivity index (χ0n) is 15.6. The Balaban J connectivity index is 1.75. The maximum atomic E-state index is 12.6. The second kappa shape index (κ2) is 7.26. The number of hydrogen-bond acceptors (Lipinski definition) is 2. The van der Waals surface area contributed by atoms with Gasteiger partial charge in [0.2, 0.25) is 5.91 Å². The van der Waals surface area contributed by atoms with E-state index >= 15 is 0 Å². The highest BCUT2D eigenvalue weighted by atomic mass is 16.2. The number of carbonyl (C=O) groups excluding carboxylic acids is 1. The molecule has 3 heteroatoms. The predicted octanol–water partition coefficient (Wildman–Crippen LogP) is 4.14. The summed E-state index contributed by atoms with van der Waals surface area (Å²) in [6.45, 7) is 9.81. The topological polar surface area (TPSA) is 23.6 Å². The Morgan fingerprint density at radius 3 is 2.58 bits per heavy atom. The summed E-state index contributed by atoms with van der Waals surface area (Å²) in [5.41, 5.74) is 2.64. The van der Waals surface area contributed by atoms with Crippen LogP contribution < -0.4 is 0 Å². The van der Waals surface area contributed by atoms with Crippen molar-refractivity contribution in [3.8, 4) is 0 Å². The molecule has 3 nitrogen and oxygen atoms in total. The minimum Gasteiger partial charge on any atom is -0.333 e. The molecule has 0 unspecified atom stereocenters. The lowest BCUT2D eigenvalue weighted by Gasteiger charge is -2.38. The van der Waals surface area contributed by atoms with Gasteiger partial charge in [0, 0.05) is 31.1 Å². The number of likely N-dealkylation sites (tertiary alicyclic amines) is 2. The molecule has 2 aliphatic heterocycles. The summed E-state index contributed by atoms with van der Waals surface area (Å²) in [5, 5.41) is 0. The smallest absolute Gasteiger partial charge is 0.223 e. The molecular weight excluding hydrogens is 296 g/mol. The summed E-state index contributed by atoms with van der Waals surface area (Å²) in [4.78, 5) is 17.5. The second-order valence-corrected chi connectivity index (χ2v) is 7.84. The van der Waals surface area contributed by atoms with Crippen LogP contribution in [0.25, 0.3) is 0 Å². The molecule has 0 aliphatic carbocycles. The van der Waals surface area contributed by atoms with E-state index < -0.39 is 0 Å². The van der Waals surface area contributed by atoms with Gasteiger partial charge in [0.1, 0.15) is 0 Å². The number of aryl methyl sites for hydroxylation is 1. The Bertz CT molecular complexity index is 568.